The molecule has 0 fully saturated rings. The zero-order valence-corrected chi connectivity index (χ0v) is 11.0. The summed E-state index contributed by atoms with van der Waals surface area (Å²) in [6, 6.07) is 7.69. The molecule has 1 aliphatic rings. The van der Waals surface area contributed by atoms with Gasteiger partial charge in [-0.2, -0.15) is 0 Å². The number of para-hydroxylation sites is 1. The molecule has 2 rings (SSSR count). The third-order valence-corrected chi connectivity index (χ3v) is 3.01. The van der Waals surface area contributed by atoms with Crippen molar-refractivity contribution in [1.82, 2.24) is 5.32 Å². The Bertz CT molecular complexity index is 445. The average molecular weight is 296 g/mol. The van der Waals surface area contributed by atoms with E-state index < -0.39 is 0 Å². The fourth-order valence-corrected chi connectivity index (χ4v) is 2.06. The van der Waals surface area contributed by atoms with Crippen LogP contribution in [-0.4, -0.2) is 19.1 Å². The molecule has 90 valence electrons. The van der Waals surface area contributed by atoms with Crippen molar-refractivity contribution in [3.63, 3.8) is 0 Å². The number of hydrogen-bond donors (Lipinski definition) is 1. The van der Waals surface area contributed by atoms with E-state index in [0.717, 1.165) is 22.2 Å². The Morgan fingerprint density at radius 1 is 1.53 bits per heavy atom. The van der Waals surface area contributed by atoms with E-state index in [1.165, 1.54) is 0 Å². The van der Waals surface area contributed by atoms with Crippen LogP contribution in [0.1, 0.15) is 17.9 Å². The number of fused-ring (bicyclic) bond motifs is 1. The minimum atomic E-state index is -0.119. The third kappa shape index (κ3) is 2.88. The van der Waals surface area contributed by atoms with Gasteiger partial charge in [0.15, 0.2) is 0 Å². The first-order chi connectivity index (χ1) is 8.18. The Morgan fingerprint density at radius 2 is 2.29 bits per heavy atom. The Kier molecular flexibility index (Phi) is 3.84. The van der Waals surface area contributed by atoms with Crippen LogP contribution in [0, 0.1) is 0 Å². The van der Waals surface area contributed by atoms with Crippen molar-refractivity contribution in [3.8, 4) is 5.75 Å². The molecule has 0 spiro atoms. The minimum absolute atomic E-state index is 0.0290. The van der Waals surface area contributed by atoms with Gasteiger partial charge in [0.2, 0.25) is 5.91 Å². The zero-order valence-electron chi connectivity index (χ0n) is 9.41. The fraction of sp³-hybridized carbons (Fsp3) is 0.308. The summed E-state index contributed by atoms with van der Waals surface area (Å²) in [7, 11) is 0. The molecule has 1 aromatic carbocycles. The van der Waals surface area contributed by atoms with Gasteiger partial charge >= 0.3 is 0 Å². The molecule has 0 saturated carbocycles. The van der Waals surface area contributed by atoms with E-state index in [1.807, 2.05) is 24.3 Å². The van der Waals surface area contributed by atoms with Gasteiger partial charge in [-0.25, -0.2) is 0 Å². The number of benzene rings is 1. The van der Waals surface area contributed by atoms with Crippen molar-refractivity contribution < 1.29 is 9.53 Å². The summed E-state index contributed by atoms with van der Waals surface area (Å²) in [6.07, 6.45) is 0.720. The predicted molar refractivity (Wildman–Crippen MR) is 70.4 cm³/mol. The predicted octanol–water partition coefficient (Wildman–Crippen LogP) is 2.58. The van der Waals surface area contributed by atoms with E-state index in [4.69, 9.17) is 4.74 Å². The van der Waals surface area contributed by atoms with E-state index in [1.54, 1.807) is 0 Å². The van der Waals surface area contributed by atoms with Gasteiger partial charge < -0.3 is 10.1 Å². The molecule has 1 aromatic rings. The fourth-order valence-electron chi connectivity index (χ4n) is 1.92. The van der Waals surface area contributed by atoms with Crippen molar-refractivity contribution in [2.45, 2.75) is 12.3 Å². The lowest BCUT2D eigenvalue weighted by Gasteiger charge is -2.24. The van der Waals surface area contributed by atoms with Crippen molar-refractivity contribution >= 4 is 21.8 Å². The van der Waals surface area contributed by atoms with Crippen LogP contribution < -0.4 is 10.1 Å². The Balaban J connectivity index is 2.12. The number of carbonyl (C=O) groups excluding carboxylic acids is 1. The van der Waals surface area contributed by atoms with E-state index >= 15 is 0 Å². The lowest BCUT2D eigenvalue weighted by molar-refractivity contribution is -0.123. The van der Waals surface area contributed by atoms with Gasteiger partial charge in [0.25, 0.3) is 0 Å². The Labute approximate surface area is 109 Å². The van der Waals surface area contributed by atoms with Gasteiger partial charge in [0.05, 0.1) is 12.5 Å². The summed E-state index contributed by atoms with van der Waals surface area (Å²) in [5.41, 5.74) is 0.969. The van der Waals surface area contributed by atoms with Crippen LogP contribution in [0.5, 0.6) is 5.75 Å². The zero-order chi connectivity index (χ0) is 12.3. The lowest BCUT2D eigenvalue weighted by Crippen LogP contribution is -2.33. The lowest BCUT2D eigenvalue weighted by atomic mass is 9.92. The number of amides is 1. The van der Waals surface area contributed by atoms with E-state index in [-0.39, 0.29) is 11.8 Å². The summed E-state index contributed by atoms with van der Waals surface area (Å²) in [5, 5.41) is 2.85. The molecule has 1 N–H and O–H groups in total. The topological polar surface area (TPSA) is 38.3 Å². The highest BCUT2D eigenvalue weighted by molar-refractivity contribution is 9.11. The number of halogens is 1. The number of hydrogen-bond acceptors (Lipinski definition) is 2. The largest absolute Gasteiger partial charge is 0.493 e. The number of ether oxygens (including phenoxy) is 1. The molecule has 1 heterocycles. The maximum atomic E-state index is 12.0. The molecule has 0 aromatic heterocycles. The van der Waals surface area contributed by atoms with Crippen molar-refractivity contribution in [2.75, 3.05) is 13.2 Å². The molecule has 3 nitrogen and oxygen atoms in total. The smallest absolute Gasteiger partial charge is 0.228 e. The average Bonchev–Trinajstić information content (AvgIpc) is 2.35. The molecule has 1 aliphatic heterocycles. The summed E-state index contributed by atoms with van der Waals surface area (Å²) in [4.78, 5) is 12.0. The second kappa shape index (κ2) is 5.36. The molecule has 1 amide bonds. The van der Waals surface area contributed by atoms with Crippen LogP contribution in [0.3, 0.4) is 0 Å². The molecule has 0 radical (unpaired) electrons. The van der Waals surface area contributed by atoms with Crippen molar-refractivity contribution in [3.05, 3.63) is 40.9 Å². The minimum Gasteiger partial charge on any atom is -0.493 e. The first kappa shape index (κ1) is 12.2. The van der Waals surface area contributed by atoms with Gasteiger partial charge in [-0.05, 0) is 12.5 Å². The molecule has 0 saturated heterocycles. The van der Waals surface area contributed by atoms with Crippen LogP contribution in [0.15, 0.2) is 35.3 Å². The van der Waals surface area contributed by atoms with E-state index in [9.17, 15) is 4.79 Å². The van der Waals surface area contributed by atoms with Crippen LogP contribution in [-0.2, 0) is 4.79 Å². The van der Waals surface area contributed by atoms with Gasteiger partial charge in [-0.15, -0.1) is 0 Å². The van der Waals surface area contributed by atoms with Crippen molar-refractivity contribution in [2.24, 2.45) is 0 Å². The first-order valence-electron chi connectivity index (χ1n) is 5.51. The molecule has 0 bridgehead atoms. The van der Waals surface area contributed by atoms with Gasteiger partial charge in [0.1, 0.15) is 5.75 Å². The van der Waals surface area contributed by atoms with Crippen LogP contribution in [0.2, 0.25) is 0 Å². The monoisotopic (exact) mass is 295 g/mol. The quantitative estimate of drug-likeness (QED) is 0.931. The molecular formula is C13H14BrNO2. The summed E-state index contributed by atoms with van der Waals surface area (Å²) >= 11 is 3.22. The highest BCUT2D eigenvalue weighted by Gasteiger charge is 2.26. The molecule has 1 atom stereocenters. The van der Waals surface area contributed by atoms with Gasteiger partial charge in [0, 0.05) is 16.6 Å². The van der Waals surface area contributed by atoms with Crippen LogP contribution in [0.25, 0.3) is 0 Å². The Morgan fingerprint density at radius 3 is 3.06 bits per heavy atom. The highest BCUT2D eigenvalue weighted by atomic mass is 79.9. The second-order valence-electron chi connectivity index (χ2n) is 3.96. The first-order valence-corrected chi connectivity index (χ1v) is 6.30. The summed E-state index contributed by atoms with van der Waals surface area (Å²) in [5.74, 6) is 0.727. The highest BCUT2D eigenvalue weighted by Crippen LogP contribution is 2.33. The number of rotatable bonds is 3. The molecule has 4 heteroatoms. The Hall–Kier alpha value is -1.29. The van der Waals surface area contributed by atoms with Crippen LogP contribution >= 0.6 is 15.9 Å². The van der Waals surface area contributed by atoms with Crippen molar-refractivity contribution in [1.29, 1.82) is 0 Å². The normalized spacial score (nSPS) is 17.8. The number of carbonyl (C=O) groups is 1. The molecule has 17 heavy (non-hydrogen) atoms. The SMILES string of the molecule is C=C(Br)CNC(=O)C1CCOc2ccccc21. The maximum absolute atomic E-state index is 12.0. The third-order valence-electron chi connectivity index (χ3n) is 2.73. The number of nitrogens with one attached hydrogen (secondary N) is 1. The van der Waals surface area contributed by atoms with Gasteiger partial charge in [-0.3, -0.25) is 4.79 Å². The second-order valence-corrected chi connectivity index (χ2v) is 5.08. The van der Waals surface area contributed by atoms with E-state index in [0.29, 0.717) is 13.2 Å². The molecular weight excluding hydrogens is 282 g/mol. The van der Waals surface area contributed by atoms with Crippen LogP contribution in [0.4, 0.5) is 0 Å². The summed E-state index contributed by atoms with van der Waals surface area (Å²) in [6.45, 7) is 4.74. The molecule has 0 aliphatic carbocycles. The maximum Gasteiger partial charge on any atom is 0.228 e. The molecule has 1 unspecified atom stereocenters. The summed E-state index contributed by atoms with van der Waals surface area (Å²) < 4.78 is 6.29. The van der Waals surface area contributed by atoms with E-state index in [2.05, 4.69) is 27.8 Å². The standard InChI is InChI=1S/C13H14BrNO2/c1-9(14)8-15-13(16)11-6-7-17-12-5-3-2-4-10(11)12/h2-5,11H,1,6-8H2,(H,15,16). The van der Waals surface area contributed by atoms with Gasteiger partial charge in [-0.1, -0.05) is 40.7 Å².